The van der Waals surface area contributed by atoms with Crippen LogP contribution < -0.4 is 15.0 Å². The van der Waals surface area contributed by atoms with Gasteiger partial charge >= 0.3 is 12.2 Å². The van der Waals surface area contributed by atoms with E-state index in [4.69, 9.17) is 4.74 Å². The van der Waals surface area contributed by atoms with Crippen LogP contribution in [-0.4, -0.2) is 34.1 Å². The van der Waals surface area contributed by atoms with Crippen LogP contribution >= 0.6 is 0 Å². The third kappa shape index (κ3) is 5.08. The van der Waals surface area contributed by atoms with E-state index in [1.165, 1.54) is 35.6 Å². The summed E-state index contributed by atoms with van der Waals surface area (Å²) in [5.41, 5.74) is -0.0762. The number of ether oxygens (including phenoxy) is 1. The lowest BCUT2D eigenvalue weighted by Crippen LogP contribution is -2.41. The van der Waals surface area contributed by atoms with Gasteiger partial charge in [0.1, 0.15) is 6.61 Å². The number of hydrogen-bond acceptors (Lipinski definition) is 5. The number of carbonyl (C=O) groups is 1. The van der Waals surface area contributed by atoms with Crippen molar-refractivity contribution in [2.75, 3.05) is 23.4 Å². The number of hydrogen-bond donors (Lipinski definition) is 1. The van der Waals surface area contributed by atoms with Gasteiger partial charge in [0.05, 0.1) is 18.3 Å². The standard InChI is InChI=1S/C19H14F3N5O2.C2H6/c20-19(21,22)13-3-1-2-12(10-13)16-24-11-15-17(26-16)27(8-9-29-15)18(28)25-14-4-6-23-7-5-14;1-2/h1-7,10-11H,8-9H2,(H,23,25,28);1-2H3. The highest BCUT2D eigenvalue weighted by Crippen LogP contribution is 2.34. The van der Waals surface area contributed by atoms with Crippen molar-refractivity contribution in [1.29, 1.82) is 0 Å². The smallest absolute Gasteiger partial charge is 0.416 e. The van der Waals surface area contributed by atoms with Gasteiger partial charge in [0.2, 0.25) is 0 Å². The predicted octanol–water partition coefficient (Wildman–Crippen LogP) is 5.01. The molecule has 3 heterocycles. The zero-order valence-corrected chi connectivity index (χ0v) is 16.8. The molecule has 0 unspecified atom stereocenters. The lowest BCUT2D eigenvalue weighted by Gasteiger charge is -2.28. The fourth-order valence-electron chi connectivity index (χ4n) is 2.81. The molecule has 4 rings (SSSR count). The van der Waals surface area contributed by atoms with Gasteiger partial charge in [-0.2, -0.15) is 13.2 Å². The van der Waals surface area contributed by atoms with Crippen LogP contribution in [0.25, 0.3) is 11.4 Å². The fourth-order valence-corrected chi connectivity index (χ4v) is 2.81. The summed E-state index contributed by atoms with van der Waals surface area (Å²) in [5.74, 6) is 0.518. The third-order valence-electron chi connectivity index (χ3n) is 4.19. The van der Waals surface area contributed by atoms with Gasteiger partial charge in [0, 0.05) is 23.6 Å². The van der Waals surface area contributed by atoms with Crippen LogP contribution in [0.15, 0.2) is 55.0 Å². The zero-order chi connectivity index (χ0) is 22.4. The number of aromatic nitrogens is 3. The first-order valence-electron chi connectivity index (χ1n) is 9.58. The van der Waals surface area contributed by atoms with Crippen LogP contribution in [0.4, 0.5) is 29.5 Å². The predicted molar refractivity (Wildman–Crippen MR) is 110 cm³/mol. The van der Waals surface area contributed by atoms with Crippen LogP contribution in [0, 0.1) is 0 Å². The van der Waals surface area contributed by atoms with Crippen molar-refractivity contribution in [3.05, 3.63) is 60.6 Å². The zero-order valence-electron chi connectivity index (χ0n) is 16.8. The summed E-state index contributed by atoms with van der Waals surface area (Å²) in [7, 11) is 0. The first-order valence-corrected chi connectivity index (χ1v) is 9.58. The maximum Gasteiger partial charge on any atom is 0.416 e. The number of amides is 2. The second-order valence-corrected chi connectivity index (χ2v) is 6.13. The van der Waals surface area contributed by atoms with Gasteiger partial charge in [0.15, 0.2) is 17.4 Å². The Kier molecular flexibility index (Phi) is 6.68. The lowest BCUT2D eigenvalue weighted by atomic mass is 10.1. The number of alkyl halides is 3. The van der Waals surface area contributed by atoms with Gasteiger partial charge < -0.3 is 10.1 Å². The second kappa shape index (κ2) is 9.41. The molecule has 0 spiro atoms. The van der Waals surface area contributed by atoms with Crippen molar-refractivity contribution in [1.82, 2.24) is 15.0 Å². The van der Waals surface area contributed by atoms with Gasteiger partial charge in [-0.3, -0.25) is 9.88 Å². The van der Waals surface area contributed by atoms with Crippen LogP contribution in [0.2, 0.25) is 0 Å². The molecule has 31 heavy (non-hydrogen) atoms. The molecule has 0 saturated heterocycles. The summed E-state index contributed by atoms with van der Waals surface area (Å²) >= 11 is 0. The summed E-state index contributed by atoms with van der Waals surface area (Å²) in [4.78, 5) is 26.3. The Hall–Kier alpha value is -3.69. The molecule has 10 heteroatoms. The number of rotatable bonds is 2. The second-order valence-electron chi connectivity index (χ2n) is 6.13. The fraction of sp³-hybridized carbons (Fsp3) is 0.238. The van der Waals surface area contributed by atoms with Gasteiger partial charge in [-0.25, -0.2) is 14.8 Å². The van der Waals surface area contributed by atoms with E-state index in [2.05, 4.69) is 20.3 Å². The van der Waals surface area contributed by atoms with Crippen LogP contribution in [0.3, 0.4) is 0 Å². The molecule has 0 radical (unpaired) electrons. The monoisotopic (exact) mass is 431 g/mol. The number of fused-ring (bicyclic) bond motifs is 1. The highest BCUT2D eigenvalue weighted by Gasteiger charge is 2.31. The quantitative estimate of drug-likeness (QED) is 0.617. The molecular formula is C21H20F3N5O2. The summed E-state index contributed by atoms with van der Waals surface area (Å²) in [6.45, 7) is 4.46. The van der Waals surface area contributed by atoms with Crippen molar-refractivity contribution < 1.29 is 22.7 Å². The summed E-state index contributed by atoms with van der Waals surface area (Å²) in [5, 5.41) is 2.72. The summed E-state index contributed by atoms with van der Waals surface area (Å²) in [6.07, 6.45) is -0.0544. The number of urea groups is 1. The van der Waals surface area contributed by atoms with E-state index >= 15 is 0 Å². The summed E-state index contributed by atoms with van der Waals surface area (Å²) < 4.78 is 44.5. The number of nitrogens with one attached hydrogen (secondary N) is 1. The molecule has 0 atom stereocenters. The van der Waals surface area contributed by atoms with Gasteiger partial charge in [-0.15, -0.1) is 0 Å². The minimum atomic E-state index is -4.48. The number of benzene rings is 1. The molecule has 1 N–H and O–H groups in total. The molecule has 0 aliphatic carbocycles. The van der Waals surface area contributed by atoms with E-state index in [0.29, 0.717) is 5.69 Å². The number of anilines is 2. The van der Waals surface area contributed by atoms with Crippen molar-refractivity contribution in [2.24, 2.45) is 0 Å². The van der Waals surface area contributed by atoms with Crippen molar-refractivity contribution in [2.45, 2.75) is 20.0 Å². The molecule has 2 aromatic heterocycles. The number of pyridine rings is 1. The number of carbonyl (C=O) groups excluding carboxylic acids is 1. The Morgan fingerprint density at radius 1 is 1.16 bits per heavy atom. The first kappa shape index (κ1) is 22.0. The number of halogens is 3. The minimum absolute atomic E-state index is 0.0575. The molecule has 0 fully saturated rings. The van der Waals surface area contributed by atoms with E-state index in [1.54, 1.807) is 12.1 Å². The molecule has 3 aromatic rings. The average molecular weight is 431 g/mol. The van der Waals surface area contributed by atoms with Crippen molar-refractivity contribution >= 4 is 17.5 Å². The van der Waals surface area contributed by atoms with Crippen molar-refractivity contribution in [3.63, 3.8) is 0 Å². The SMILES string of the molecule is CC.O=C(Nc1ccncc1)N1CCOc2cnc(-c3cccc(C(F)(F)F)c3)nc21. The molecule has 2 amide bonds. The van der Waals surface area contributed by atoms with Crippen LogP contribution in [0.5, 0.6) is 5.75 Å². The minimum Gasteiger partial charge on any atom is -0.486 e. The first-order chi connectivity index (χ1) is 14.9. The van der Waals surface area contributed by atoms with E-state index < -0.39 is 17.8 Å². The Bertz CT molecular complexity index is 1040. The molecule has 1 aromatic carbocycles. The summed E-state index contributed by atoms with van der Waals surface area (Å²) in [6, 6.07) is 7.51. The Labute approximate surface area is 176 Å². The van der Waals surface area contributed by atoms with Crippen molar-refractivity contribution in [3.8, 4) is 17.1 Å². The third-order valence-corrected chi connectivity index (χ3v) is 4.19. The van der Waals surface area contributed by atoms with Gasteiger partial charge in [0.25, 0.3) is 0 Å². The molecule has 162 valence electrons. The molecule has 7 nitrogen and oxygen atoms in total. The molecule has 1 aliphatic rings. The lowest BCUT2D eigenvalue weighted by molar-refractivity contribution is -0.137. The Morgan fingerprint density at radius 2 is 1.90 bits per heavy atom. The van der Waals surface area contributed by atoms with E-state index in [-0.39, 0.29) is 36.1 Å². The molecule has 0 bridgehead atoms. The maximum atomic E-state index is 13.0. The highest BCUT2D eigenvalue weighted by molar-refractivity contribution is 6.02. The van der Waals surface area contributed by atoms with Crippen LogP contribution in [-0.2, 0) is 6.18 Å². The van der Waals surface area contributed by atoms with Gasteiger partial charge in [-0.1, -0.05) is 26.0 Å². The average Bonchev–Trinajstić information content (AvgIpc) is 2.80. The van der Waals surface area contributed by atoms with E-state index in [9.17, 15) is 18.0 Å². The highest BCUT2D eigenvalue weighted by atomic mass is 19.4. The van der Waals surface area contributed by atoms with E-state index in [0.717, 1.165) is 12.1 Å². The molecule has 0 saturated carbocycles. The largest absolute Gasteiger partial charge is 0.486 e. The maximum absolute atomic E-state index is 13.0. The van der Waals surface area contributed by atoms with Crippen LogP contribution in [0.1, 0.15) is 19.4 Å². The topological polar surface area (TPSA) is 80.2 Å². The normalized spacial score (nSPS) is 12.7. The number of nitrogens with zero attached hydrogens (tertiary/aromatic N) is 4. The Morgan fingerprint density at radius 3 is 2.61 bits per heavy atom. The Balaban J connectivity index is 0.00000132. The molecule has 1 aliphatic heterocycles. The van der Waals surface area contributed by atoms with E-state index in [1.807, 2.05) is 13.8 Å². The van der Waals surface area contributed by atoms with Gasteiger partial charge in [-0.05, 0) is 24.3 Å². The molecular weight excluding hydrogens is 411 g/mol.